The lowest BCUT2D eigenvalue weighted by Gasteiger charge is -2.24. The molecule has 37 heavy (non-hydrogen) atoms. The lowest BCUT2D eigenvalue weighted by atomic mass is 10.1. The van der Waals surface area contributed by atoms with Gasteiger partial charge in [0.15, 0.2) is 12.4 Å². The molecule has 8 nitrogen and oxygen atoms in total. The van der Waals surface area contributed by atoms with E-state index in [4.69, 9.17) is 16.3 Å². The van der Waals surface area contributed by atoms with Crippen molar-refractivity contribution in [1.29, 1.82) is 0 Å². The molecule has 1 amide bonds. The van der Waals surface area contributed by atoms with Crippen LogP contribution in [0.15, 0.2) is 77.7 Å². The first-order chi connectivity index (χ1) is 17.7. The van der Waals surface area contributed by atoms with Crippen LogP contribution in [0, 0.1) is 6.92 Å². The minimum Gasteiger partial charge on any atom is -0.454 e. The van der Waals surface area contributed by atoms with Crippen LogP contribution in [-0.4, -0.2) is 49.6 Å². The van der Waals surface area contributed by atoms with E-state index in [1.165, 1.54) is 40.7 Å². The maximum Gasteiger partial charge on any atom is 0.340 e. The zero-order chi connectivity index (χ0) is 26.6. The molecule has 1 fully saturated rings. The molecule has 1 heterocycles. The maximum atomic E-state index is 13.2. The molecule has 10 heteroatoms. The Morgan fingerprint density at radius 1 is 1.00 bits per heavy atom. The number of rotatable bonds is 8. The molecule has 1 aliphatic heterocycles. The zero-order valence-electron chi connectivity index (χ0n) is 20.0. The Kier molecular flexibility index (Phi) is 8.06. The number of aryl methyl sites for hydroxylation is 1. The summed E-state index contributed by atoms with van der Waals surface area (Å²) in [5.41, 5.74) is 1.48. The summed E-state index contributed by atoms with van der Waals surface area (Å²) in [7, 11) is -3.88. The number of Topliss-reactive ketones (excluding diaryl/α,β-unsaturated/α-hetero) is 1. The number of benzene rings is 3. The van der Waals surface area contributed by atoms with Crippen molar-refractivity contribution in [2.75, 3.05) is 18.5 Å². The van der Waals surface area contributed by atoms with E-state index in [-0.39, 0.29) is 22.7 Å². The van der Waals surface area contributed by atoms with Gasteiger partial charge >= 0.3 is 5.97 Å². The third kappa shape index (κ3) is 6.07. The molecule has 0 saturated carbocycles. The second-order valence-electron chi connectivity index (χ2n) is 8.63. The summed E-state index contributed by atoms with van der Waals surface area (Å²) >= 11 is 5.83. The van der Waals surface area contributed by atoms with E-state index in [0.717, 1.165) is 5.56 Å². The topological polar surface area (TPSA) is 110 Å². The monoisotopic (exact) mass is 540 g/mol. The predicted octanol–water partition coefficient (Wildman–Crippen LogP) is 4.48. The van der Waals surface area contributed by atoms with Crippen LogP contribution in [0.4, 0.5) is 5.69 Å². The molecule has 0 radical (unpaired) electrons. The summed E-state index contributed by atoms with van der Waals surface area (Å²) < 4.78 is 32.8. The maximum absolute atomic E-state index is 13.2. The summed E-state index contributed by atoms with van der Waals surface area (Å²) in [6, 6.07) is 17.9. The van der Waals surface area contributed by atoms with E-state index in [2.05, 4.69) is 5.32 Å². The summed E-state index contributed by atoms with van der Waals surface area (Å²) in [5, 5.41) is 3.15. The van der Waals surface area contributed by atoms with Gasteiger partial charge in [-0.25, -0.2) is 13.2 Å². The van der Waals surface area contributed by atoms with Crippen molar-refractivity contribution >= 4 is 45.0 Å². The fourth-order valence-corrected chi connectivity index (χ4v) is 5.83. The Morgan fingerprint density at radius 3 is 2.38 bits per heavy atom. The highest BCUT2D eigenvalue weighted by Crippen LogP contribution is 2.28. The molecule has 0 bridgehead atoms. The van der Waals surface area contributed by atoms with Gasteiger partial charge in [-0.1, -0.05) is 41.4 Å². The van der Waals surface area contributed by atoms with Gasteiger partial charge in [-0.3, -0.25) is 9.59 Å². The molecule has 3 aromatic rings. The highest BCUT2D eigenvalue weighted by atomic mass is 35.5. The van der Waals surface area contributed by atoms with E-state index in [0.29, 0.717) is 23.4 Å². The summed E-state index contributed by atoms with van der Waals surface area (Å²) in [6.07, 6.45) is 0.874. The molecule has 0 aromatic heterocycles. The summed E-state index contributed by atoms with van der Waals surface area (Å²) in [5.74, 6) is -1.76. The van der Waals surface area contributed by atoms with Gasteiger partial charge in [0.2, 0.25) is 15.9 Å². The number of ether oxygens (including phenoxy) is 1. The highest BCUT2D eigenvalue weighted by molar-refractivity contribution is 7.89. The average molecular weight is 541 g/mol. The van der Waals surface area contributed by atoms with Crippen molar-refractivity contribution in [1.82, 2.24) is 4.31 Å². The molecular formula is C27H25ClN2O6S. The van der Waals surface area contributed by atoms with Crippen LogP contribution >= 0.6 is 11.6 Å². The van der Waals surface area contributed by atoms with Gasteiger partial charge in [0.1, 0.15) is 6.04 Å². The third-order valence-electron chi connectivity index (χ3n) is 6.04. The Hall–Kier alpha value is -3.53. The number of halogens is 1. The number of para-hydroxylation sites is 1. The second-order valence-corrected chi connectivity index (χ2v) is 11.0. The van der Waals surface area contributed by atoms with Crippen LogP contribution < -0.4 is 5.32 Å². The molecule has 192 valence electrons. The number of amides is 1. The molecule has 1 unspecified atom stereocenters. The van der Waals surface area contributed by atoms with Crippen LogP contribution in [-0.2, 0) is 19.6 Å². The van der Waals surface area contributed by atoms with Crippen molar-refractivity contribution < 1.29 is 27.5 Å². The number of sulfonamides is 1. The molecule has 3 aromatic carbocycles. The van der Waals surface area contributed by atoms with Crippen molar-refractivity contribution in [3.63, 3.8) is 0 Å². The van der Waals surface area contributed by atoms with Gasteiger partial charge in [-0.2, -0.15) is 4.31 Å². The lowest BCUT2D eigenvalue weighted by molar-refractivity contribution is -0.119. The van der Waals surface area contributed by atoms with Crippen molar-refractivity contribution in [2.24, 2.45) is 0 Å². The number of carbonyl (C=O) groups excluding carboxylic acids is 3. The molecule has 4 rings (SSSR count). The smallest absolute Gasteiger partial charge is 0.340 e. The Labute approximate surface area is 220 Å². The van der Waals surface area contributed by atoms with Crippen molar-refractivity contribution in [3.8, 4) is 0 Å². The van der Waals surface area contributed by atoms with Crippen LogP contribution in [0.25, 0.3) is 0 Å². The molecule has 1 saturated heterocycles. The van der Waals surface area contributed by atoms with Crippen LogP contribution in [0.3, 0.4) is 0 Å². The van der Waals surface area contributed by atoms with Crippen LogP contribution in [0.5, 0.6) is 0 Å². The van der Waals surface area contributed by atoms with Crippen molar-refractivity contribution in [2.45, 2.75) is 30.7 Å². The SMILES string of the molecule is Cc1ccc(S(=O)(=O)N2CCCC2C(=O)Nc2ccccc2C(=O)OCC(=O)c2ccc(Cl)cc2)cc1. The van der Waals surface area contributed by atoms with Gasteiger partial charge in [-0.15, -0.1) is 0 Å². The van der Waals surface area contributed by atoms with E-state index in [1.807, 2.05) is 6.92 Å². The lowest BCUT2D eigenvalue weighted by Crippen LogP contribution is -2.43. The summed E-state index contributed by atoms with van der Waals surface area (Å²) in [6.45, 7) is 1.58. The number of hydrogen-bond acceptors (Lipinski definition) is 6. The van der Waals surface area contributed by atoms with E-state index >= 15 is 0 Å². The predicted molar refractivity (Wildman–Crippen MR) is 139 cm³/mol. The molecule has 1 aliphatic rings. The van der Waals surface area contributed by atoms with Gasteiger partial charge in [0, 0.05) is 17.1 Å². The Bertz CT molecular complexity index is 1420. The first-order valence-corrected chi connectivity index (χ1v) is 13.4. The van der Waals surface area contributed by atoms with Gasteiger partial charge in [0.25, 0.3) is 0 Å². The molecule has 0 spiro atoms. The first-order valence-electron chi connectivity index (χ1n) is 11.6. The first kappa shape index (κ1) is 26.5. The number of carbonyl (C=O) groups is 3. The largest absolute Gasteiger partial charge is 0.454 e. The minimum atomic E-state index is -3.88. The molecule has 0 aliphatic carbocycles. The molecule has 1 N–H and O–H groups in total. The van der Waals surface area contributed by atoms with Gasteiger partial charge in [0.05, 0.1) is 16.1 Å². The summed E-state index contributed by atoms with van der Waals surface area (Å²) in [4.78, 5) is 38.4. The standard InChI is InChI=1S/C27H25ClN2O6S/c1-18-8-14-21(15-9-18)37(34,35)30-16-4-7-24(30)26(32)29-23-6-3-2-5-22(23)27(33)36-17-25(31)19-10-12-20(28)13-11-19/h2-3,5-6,8-15,24H,4,7,16-17H2,1H3,(H,29,32). The van der Waals surface area contributed by atoms with E-state index in [9.17, 15) is 22.8 Å². The number of nitrogens with zero attached hydrogens (tertiary/aromatic N) is 1. The fraction of sp³-hybridized carbons (Fsp3) is 0.222. The number of nitrogens with one attached hydrogen (secondary N) is 1. The average Bonchev–Trinajstić information content (AvgIpc) is 3.39. The van der Waals surface area contributed by atoms with Gasteiger partial charge < -0.3 is 10.1 Å². The number of esters is 1. The molecular weight excluding hydrogens is 516 g/mol. The van der Waals surface area contributed by atoms with E-state index in [1.54, 1.807) is 36.4 Å². The highest BCUT2D eigenvalue weighted by Gasteiger charge is 2.39. The number of anilines is 1. The second kappa shape index (κ2) is 11.2. The Morgan fingerprint density at radius 2 is 1.68 bits per heavy atom. The number of ketones is 1. The minimum absolute atomic E-state index is 0.0469. The van der Waals surface area contributed by atoms with Crippen LogP contribution in [0.1, 0.15) is 39.1 Å². The quantitative estimate of drug-likeness (QED) is 0.333. The Balaban J connectivity index is 1.46. The fourth-order valence-electron chi connectivity index (χ4n) is 4.05. The van der Waals surface area contributed by atoms with Crippen LogP contribution in [0.2, 0.25) is 5.02 Å². The van der Waals surface area contributed by atoms with Crippen molar-refractivity contribution in [3.05, 3.63) is 94.5 Å². The molecule has 1 atom stereocenters. The third-order valence-corrected chi connectivity index (χ3v) is 8.21. The normalized spacial score (nSPS) is 15.8. The zero-order valence-corrected chi connectivity index (χ0v) is 21.6. The van der Waals surface area contributed by atoms with Gasteiger partial charge in [-0.05, 0) is 68.3 Å². The number of hydrogen-bond donors (Lipinski definition) is 1. The van der Waals surface area contributed by atoms with E-state index < -0.39 is 40.3 Å².